The summed E-state index contributed by atoms with van der Waals surface area (Å²) in [7, 11) is 0. The van der Waals surface area contributed by atoms with Crippen molar-refractivity contribution in [3.63, 3.8) is 0 Å². The minimum absolute atomic E-state index is 0.375. The van der Waals surface area contributed by atoms with Gasteiger partial charge in [-0.15, -0.1) is 0 Å². The number of rotatable bonds is 2. The lowest BCUT2D eigenvalue weighted by Gasteiger charge is -2.29. The summed E-state index contributed by atoms with van der Waals surface area (Å²) in [6.45, 7) is 0. The number of carbonyl (C=O) groups is 1. The molecule has 0 aromatic heterocycles. The number of aliphatic imine (C=N–C) groups is 1. The van der Waals surface area contributed by atoms with Gasteiger partial charge in [0.15, 0.2) is 10.5 Å². The predicted octanol–water partition coefficient (Wildman–Crippen LogP) is 2.62. The van der Waals surface area contributed by atoms with Crippen molar-refractivity contribution in [1.82, 2.24) is 4.90 Å². The predicted molar refractivity (Wildman–Crippen MR) is 76.0 cm³/mol. The smallest absolute Gasteiger partial charge is 0.330 e. The maximum absolute atomic E-state index is 13.0. The van der Waals surface area contributed by atoms with E-state index in [1.807, 2.05) is 0 Å². The molecule has 1 aromatic carbocycles. The molecule has 0 bridgehead atoms. The largest absolute Gasteiger partial charge is 0.480 e. The van der Waals surface area contributed by atoms with Crippen LogP contribution in [0.2, 0.25) is 0 Å². The fourth-order valence-electron chi connectivity index (χ4n) is 2.36. The first-order chi connectivity index (χ1) is 9.52. The van der Waals surface area contributed by atoms with E-state index >= 15 is 0 Å². The van der Waals surface area contributed by atoms with Gasteiger partial charge in [0.25, 0.3) is 0 Å². The molecule has 2 aliphatic rings. The van der Waals surface area contributed by atoms with Gasteiger partial charge in [-0.25, -0.2) is 14.2 Å². The molecule has 2 heterocycles. The summed E-state index contributed by atoms with van der Waals surface area (Å²) >= 11 is 3.44. The molecule has 0 saturated carbocycles. The Bertz CT molecular complexity index is 654. The summed E-state index contributed by atoms with van der Waals surface area (Å²) < 4.78 is 11.9. The Morgan fingerprint density at radius 3 is 2.70 bits per heavy atom. The van der Waals surface area contributed by atoms with Crippen molar-refractivity contribution in [3.05, 3.63) is 60.1 Å². The lowest BCUT2D eigenvalue weighted by molar-refractivity contribution is -0.141. The number of halogens is 2. The quantitative estimate of drug-likeness (QED) is 0.667. The summed E-state index contributed by atoms with van der Waals surface area (Å²) in [5.41, 5.74) is 0.593. The molecule has 0 saturated heterocycles. The van der Waals surface area contributed by atoms with Crippen LogP contribution in [0.15, 0.2) is 53.7 Å². The van der Waals surface area contributed by atoms with Crippen LogP contribution in [0.5, 0.6) is 0 Å². The van der Waals surface area contributed by atoms with Crippen molar-refractivity contribution in [2.24, 2.45) is 4.99 Å². The van der Waals surface area contributed by atoms with E-state index in [4.69, 9.17) is 0 Å². The first-order valence-corrected chi connectivity index (χ1v) is 6.72. The van der Waals surface area contributed by atoms with Crippen molar-refractivity contribution < 1.29 is 14.3 Å². The van der Waals surface area contributed by atoms with Crippen LogP contribution in [0.3, 0.4) is 0 Å². The first-order valence-electron chi connectivity index (χ1n) is 5.93. The molecule has 1 N–H and O–H groups in total. The van der Waals surface area contributed by atoms with Crippen molar-refractivity contribution in [3.8, 4) is 0 Å². The van der Waals surface area contributed by atoms with Crippen molar-refractivity contribution in [2.75, 3.05) is 0 Å². The van der Waals surface area contributed by atoms with Gasteiger partial charge >= 0.3 is 5.97 Å². The molecule has 2 unspecified atom stereocenters. The average molecular weight is 337 g/mol. The van der Waals surface area contributed by atoms with Gasteiger partial charge in [0, 0.05) is 6.20 Å². The molecule has 3 rings (SSSR count). The van der Waals surface area contributed by atoms with Gasteiger partial charge in [0.05, 0.1) is 0 Å². The standard InChI is InChI=1S/C14H10BrFN2O2/c15-14(9-4-6-10(16)7-5-9)12(13(19)20)18-8-2-1-3-11(18)17-14/h1-8,12H,(H,19,20). The number of alkyl halides is 1. The van der Waals surface area contributed by atoms with Crippen LogP contribution in [-0.4, -0.2) is 27.9 Å². The van der Waals surface area contributed by atoms with Crippen LogP contribution in [0.1, 0.15) is 5.56 Å². The van der Waals surface area contributed by atoms with Gasteiger partial charge in [-0.1, -0.05) is 34.1 Å². The zero-order valence-electron chi connectivity index (χ0n) is 10.2. The lowest BCUT2D eigenvalue weighted by Crippen LogP contribution is -2.45. The molecule has 0 fully saturated rings. The molecule has 20 heavy (non-hydrogen) atoms. The number of benzene rings is 1. The second-order valence-corrected chi connectivity index (χ2v) is 5.71. The van der Waals surface area contributed by atoms with E-state index in [9.17, 15) is 14.3 Å². The molecular formula is C14H10BrFN2O2. The van der Waals surface area contributed by atoms with Crippen LogP contribution in [0, 0.1) is 5.82 Å². The summed E-state index contributed by atoms with van der Waals surface area (Å²) in [5.74, 6) is -0.828. The highest BCUT2D eigenvalue weighted by Gasteiger charge is 2.51. The van der Waals surface area contributed by atoms with Gasteiger partial charge in [-0.2, -0.15) is 0 Å². The Balaban J connectivity index is 2.12. The average Bonchev–Trinajstić information content (AvgIpc) is 2.72. The van der Waals surface area contributed by atoms with Crippen LogP contribution < -0.4 is 0 Å². The summed E-state index contributed by atoms with van der Waals surface area (Å²) in [5, 5.41) is 9.53. The minimum atomic E-state index is -1.14. The highest BCUT2D eigenvalue weighted by atomic mass is 79.9. The Hall–Kier alpha value is -1.95. The van der Waals surface area contributed by atoms with Crippen LogP contribution in [-0.2, 0) is 9.24 Å². The molecule has 0 radical (unpaired) electrons. The Labute approximate surface area is 123 Å². The lowest BCUT2D eigenvalue weighted by atomic mass is 10.00. The van der Waals surface area contributed by atoms with Crippen molar-refractivity contribution in [1.29, 1.82) is 0 Å². The molecule has 0 amide bonds. The van der Waals surface area contributed by atoms with Gasteiger partial charge < -0.3 is 10.0 Å². The molecule has 4 nitrogen and oxygen atoms in total. The molecule has 1 aromatic rings. The molecule has 0 aliphatic carbocycles. The Kier molecular flexibility index (Phi) is 2.97. The summed E-state index contributed by atoms with van der Waals surface area (Å²) in [6, 6.07) is 4.73. The fraction of sp³-hybridized carbons (Fsp3) is 0.143. The third-order valence-corrected chi connectivity index (χ3v) is 4.34. The number of carboxylic acid groups (broad SMARTS) is 1. The van der Waals surface area contributed by atoms with Gasteiger partial charge in [0.2, 0.25) is 0 Å². The number of hydrogen-bond donors (Lipinski definition) is 1. The molecular weight excluding hydrogens is 327 g/mol. The SMILES string of the molecule is O=C(O)C1N2C=CC=CC2=NC1(Br)c1ccc(F)cc1. The Morgan fingerprint density at radius 2 is 2.05 bits per heavy atom. The molecule has 6 heteroatoms. The number of amidine groups is 1. The van der Waals surface area contributed by atoms with E-state index in [1.165, 1.54) is 24.3 Å². The highest BCUT2D eigenvalue weighted by molar-refractivity contribution is 9.09. The van der Waals surface area contributed by atoms with Crippen LogP contribution in [0.4, 0.5) is 4.39 Å². The molecule has 0 spiro atoms. The van der Waals surface area contributed by atoms with E-state index in [2.05, 4.69) is 20.9 Å². The van der Waals surface area contributed by atoms with E-state index in [0.717, 1.165) is 0 Å². The zero-order chi connectivity index (χ0) is 14.3. The van der Waals surface area contributed by atoms with E-state index in [-0.39, 0.29) is 5.82 Å². The number of carboxylic acids is 1. The number of nitrogens with zero attached hydrogens (tertiary/aromatic N) is 2. The first kappa shape index (κ1) is 13.1. The number of hydrogen-bond acceptors (Lipinski definition) is 3. The Morgan fingerprint density at radius 1 is 1.35 bits per heavy atom. The van der Waals surface area contributed by atoms with Gasteiger partial charge in [-0.3, -0.25) is 0 Å². The number of allylic oxidation sites excluding steroid dienone is 2. The van der Waals surface area contributed by atoms with Crippen LogP contribution in [0.25, 0.3) is 0 Å². The summed E-state index contributed by atoms with van der Waals surface area (Å²) in [6.07, 6.45) is 6.95. The molecule has 2 aliphatic heterocycles. The topological polar surface area (TPSA) is 52.9 Å². The zero-order valence-corrected chi connectivity index (χ0v) is 11.8. The van der Waals surface area contributed by atoms with E-state index in [1.54, 1.807) is 29.3 Å². The second kappa shape index (κ2) is 4.56. The maximum Gasteiger partial charge on any atom is 0.330 e. The van der Waals surface area contributed by atoms with E-state index in [0.29, 0.717) is 11.4 Å². The van der Waals surface area contributed by atoms with E-state index < -0.39 is 16.5 Å². The van der Waals surface area contributed by atoms with Crippen molar-refractivity contribution >= 4 is 27.7 Å². The van der Waals surface area contributed by atoms with Crippen molar-refractivity contribution in [2.45, 2.75) is 10.5 Å². The second-order valence-electron chi connectivity index (χ2n) is 4.50. The monoisotopic (exact) mass is 336 g/mol. The minimum Gasteiger partial charge on any atom is -0.480 e. The third-order valence-electron chi connectivity index (χ3n) is 3.27. The van der Waals surface area contributed by atoms with Gasteiger partial charge in [-0.05, 0) is 29.8 Å². The number of aliphatic carboxylic acids is 1. The van der Waals surface area contributed by atoms with Gasteiger partial charge in [0.1, 0.15) is 11.7 Å². The normalized spacial score (nSPS) is 27.4. The fourth-order valence-corrected chi connectivity index (χ4v) is 3.22. The third kappa shape index (κ3) is 1.87. The highest BCUT2D eigenvalue weighted by Crippen LogP contribution is 2.44. The van der Waals surface area contributed by atoms with Crippen LogP contribution >= 0.6 is 15.9 Å². The molecule has 2 atom stereocenters. The summed E-state index contributed by atoms with van der Waals surface area (Å²) in [4.78, 5) is 17.7. The molecule has 102 valence electrons. The maximum atomic E-state index is 13.0. The number of fused-ring (bicyclic) bond motifs is 1.